The number of urea groups is 1. The molecule has 0 aromatic heterocycles. The second-order valence-corrected chi connectivity index (χ2v) is 6.44. The van der Waals surface area contributed by atoms with Gasteiger partial charge < -0.3 is 15.2 Å². The normalized spacial score (nSPS) is 11.0. The minimum absolute atomic E-state index is 0.0215. The summed E-state index contributed by atoms with van der Waals surface area (Å²) < 4.78 is 41.4. The fraction of sp³-hybridized carbons (Fsp3) is 0.0625. The number of alkyl halides is 3. The van der Waals surface area contributed by atoms with Crippen LogP contribution in [0.2, 0.25) is 15.1 Å². The number of benzene rings is 2. The molecule has 0 saturated heterocycles. The molecule has 0 saturated carbocycles. The van der Waals surface area contributed by atoms with Crippen molar-refractivity contribution in [3.8, 4) is 5.75 Å². The molecule has 0 radical (unpaired) electrons. The molecule has 0 atom stereocenters. The van der Waals surface area contributed by atoms with E-state index in [9.17, 15) is 27.6 Å². The highest BCUT2D eigenvalue weighted by Crippen LogP contribution is 2.32. The molecule has 2 rings (SSSR count). The number of nitrogens with one attached hydrogen (secondary N) is 2. The van der Waals surface area contributed by atoms with Crippen molar-refractivity contribution in [2.75, 3.05) is 5.32 Å². The van der Waals surface area contributed by atoms with E-state index in [1.165, 1.54) is 0 Å². The van der Waals surface area contributed by atoms with Crippen molar-refractivity contribution in [2.45, 2.75) is 6.36 Å². The number of carboxylic acids is 1. The van der Waals surface area contributed by atoms with Crippen molar-refractivity contribution < 1.29 is 37.4 Å². The van der Waals surface area contributed by atoms with Crippen LogP contribution in [0.15, 0.2) is 30.3 Å². The second kappa shape index (κ2) is 8.76. The summed E-state index contributed by atoms with van der Waals surface area (Å²) in [6, 6.07) is 3.36. The topological polar surface area (TPSA) is 105 Å². The Morgan fingerprint density at radius 2 is 1.59 bits per heavy atom. The first-order valence-electron chi connectivity index (χ1n) is 7.27. The number of hydrogen-bond acceptors (Lipinski definition) is 4. The summed E-state index contributed by atoms with van der Waals surface area (Å²) in [5, 5.41) is 12.6. The first-order valence-corrected chi connectivity index (χ1v) is 8.40. The smallest absolute Gasteiger partial charge is 0.478 e. The molecule has 154 valence electrons. The van der Waals surface area contributed by atoms with E-state index in [0.29, 0.717) is 6.07 Å². The third-order valence-electron chi connectivity index (χ3n) is 3.18. The molecule has 0 heterocycles. The minimum atomic E-state index is -5.16. The summed E-state index contributed by atoms with van der Waals surface area (Å²) >= 11 is 17.4. The zero-order valence-electron chi connectivity index (χ0n) is 13.7. The molecular formula is C16H8Cl3F3N2O5. The highest BCUT2D eigenvalue weighted by Gasteiger charge is 2.33. The molecule has 13 heteroatoms. The predicted octanol–water partition coefficient (Wildman–Crippen LogP) is 5.21. The van der Waals surface area contributed by atoms with Crippen LogP contribution in [0.25, 0.3) is 0 Å². The van der Waals surface area contributed by atoms with Gasteiger partial charge in [-0.05, 0) is 30.3 Å². The van der Waals surface area contributed by atoms with Gasteiger partial charge in [0.2, 0.25) is 0 Å². The summed E-state index contributed by atoms with van der Waals surface area (Å²) in [5.41, 5.74) is -1.28. The van der Waals surface area contributed by atoms with E-state index in [1.54, 1.807) is 0 Å². The first-order chi connectivity index (χ1) is 13.4. The SMILES string of the molecule is O=C(NC(=O)c1cc(Cl)c(Cl)cc1Cl)Nc1ccc(C(=O)O)cc1OC(F)(F)F. The third-order valence-corrected chi connectivity index (χ3v) is 4.22. The van der Waals surface area contributed by atoms with Gasteiger partial charge in [-0.15, -0.1) is 13.2 Å². The molecule has 3 N–H and O–H groups in total. The number of amides is 3. The molecule has 0 bridgehead atoms. The average Bonchev–Trinajstić information content (AvgIpc) is 2.58. The summed E-state index contributed by atoms with van der Waals surface area (Å²) in [6.07, 6.45) is -5.16. The monoisotopic (exact) mass is 470 g/mol. The first kappa shape index (κ1) is 22.6. The van der Waals surface area contributed by atoms with Gasteiger partial charge in [-0.2, -0.15) is 0 Å². The molecule has 0 aliphatic rings. The summed E-state index contributed by atoms with van der Waals surface area (Å²) in [4.78, 5) is 35.1. The maximum absolute atomic E-state index is 12.5. The van der Waals surface area contributed by atoms with Crippen molar-refractivity contribution in [3.05, 3.63) is 56.5 Å². The van der Waals surface area contributed by atoms with Crippen LogP contribution in [-0.2, 0) is 0 Å². The number of hydrogen-bond donors (Lipinski definition) is 3. The lowest BCUT2D eigenvalue weighted by Crippen LogP contribution is -2.34. The quantitative estimate of drug-likeness (QED) is 0.531. The van der Waals surface area contributed by atoms with E-state index < -0.39 is 41.3 Å². The van der Waals surface area contributed by atoms with Gasteiger partial charge in [0.15, 0.2) is 5.75 Å². The minimum Gasteiger partial charge on any atom is -0.478 e. The van der Waals surface area contributed by atoms with Gasteiger partial charge in [-0.1, -0.05) is 34.8 Å². The summed E-state index contributed by atoms with van der Waals surface area (Å²) in [7, 11) is 0. The van der Waals surface area contributed by atoms with Crippen molar-refractivity contribution >= 4 is 58.4 Å². The van der Waals surface area contributed by atoms with Gasteiger partial charge in [0, 0.05) is 0 Å². The Morgan fingerprint density at radius 1 is 0.966 bits per heavy atom. The molecule has 0 aliphatic heterocycles. The molecule has 7 nitrogen and oxygen atoms in total. The number of halogens is 6. The number of anilines is 1. The van der Waals surface area contributed by atoms with Crippen molar-refractivity contribution in [1.29, 1.82) is 0 Å². The fourth-order valence-corrected chi connectivity index (χ4v) is 2.62. The average molecular weight is 472 g/mol. The Hall–Kier alpha value is -2.69. The van der Waals surface area contributed by atoms with Crippen LogP contribution in [0.4, 0.5) is 23.7 Å². The number of carboxylic acid groups (broad SMARTS) is 1. The number of aromatic carboxylic acids is 1. The standard InChI is InChI=1S/C16H8Cl3F3N2O5/c17-8-5-10(19)9(18)4-7(8)13(25)24-15(28)23-11-2-1-6(14(26)27)3-12(11)29-16(20,21)22/h1-5H,(H,26,27)(H2,23,24,25,28). The number of imide groups is 1. The second-order valence-electron chi connectivity index (χ2n) is 5.22. The van der Waals surface area contributed by atoms with Crippen LogP contribution in [0.5, 0.6) is 5.75 Å². The Balaban J connectivity index is 2.23. The zero-order valence-corrected chi connectivity index (χ0v) is 16.0. The van der Waals surface area contributed by atoms with Crippen LogP contribution in [0.1, 0.15) is 20.7 Å². The van der Waals surface area contributed by atoms with Crippen LogP contribution < -0.4 is 15.4 Å². The maximum Gasteiger partial charge on any atom is 0.573 e. The van der Waals surface area contributed by atoms with E-state index in [4.69, 9.17) is 39.9 Å². The Labute approximate surface area is 175 Å². The number of rotatable bonds is 4. The van der Waals surface area contributed by atoms with E-state index in [2.05, 4.69) is 4.74 Å². The molecule has 0 aliphatic carbocycles. The predicted molar refractivity (Wildman–Crippen MR) is 98.0 cm³/mol. The molecular weight excluding hydrogens is 464 g/mol. The Morgan fingerprint density at radius 3 is 2.17 bits per heavy atom. The largest absolute Gasteiger partial charge is 0.573 e. The summed E-state index contributed by atoms with van der Waals surface area (Å²) in [6.45, 7) is 0. The van der Waals surface area contributed by atoms with E-state index in [0.717, 1.165) is 24.3 Å². The van der Waals surface area contributed by atoms with E-state index >= 15 is 0 Å². The lowest BCUT2D eigenvalue weighted by molar-refractivity contribution is -0.274. The van der Waals surface area contributed by atoms with Crippen LogP contribution in [0.3, 0.4) is 0 Å². The highest BCUT2D eigenvalue weighted by atomic mass is 35.5. The van der Waals surface area contributed by atoms with Gasteiger partial charge in [0.1, 0.15) is 0 Å². The van der Waals surface area contributed by atoms with Crippen molar-refractivity contribution in [1.82, 2.24) is 5.32 Å². The summed E-state index contributed by atoms with van der Waals surface area (Å²) in [5.74, 6) is -3.53. The van der Waals surface area contributed by atoms with Crippen molar-refractivity contribution in [2.24, 2.45) is 0 Å². The van der Waals surface area contributed by atoms with Gasteiger partial charge in [-0.25, -0.2) is 9.59 Å². The molecule has 3 amide bonds. The van der Waals surface area contributed by atoms with E-state index in [-0.39, 0.29) is 20.6 Å². The molecule has 0 spiro atoms. The molecule has 2 aromatic carbocycles. The van der Waals surface area contributed by atoms with Gasteiger partial charge >= 0.3 is 18.4 Å². The lowest BCUT2D eigenvalue weighted by atomic mass is 10.2. The lowest BCUT2D eigenvalue weighted by Gasteiger charge is -2.15. The van der Waals surface area contributed by atoms with Gasteiger partial charge in [0.05, 0.1) is 31.9 Å². The highest BCUT2D eigenvalue weighted by molar-refractivity contribution is 6.44. The van der Waals surface area contributed by atoms with Crippen molar-refractivity contribution in [3.63, 3.8) is 0 Å². The Bertz CT molecular complexity index is 998. The number of carbonyl (C=O) groups is 3. The zero-order chi connectivity index (χ0) is 21.9. The third kappa shape index (κ3) is 6.14. The fourth-order valence-electron chi connectivity index (χ4n) is 1.99. The van der Waals surface area contributed by atoms with Gasteiger partial charge in [-0.3, -0.25) is 10.1 Å². The molecule has 0 unspecified atom stereocenters. The number of carbonyl (C=O) groups excluding carboxylic acids is 2. The van der Waals surface area contributed by atoms with E-state index in [1.807, 2.05) is 10.6 Å². The molecule has 0 fully saturated rings. The van der Waals surface area contributed by atoms with Crippen LogP contribution in [0, 0.1) is 0 Å². The van der Waals surface area contributed by atoms with Crippen LogP contribution >= 0.6 is 34.8 Å². The number of ether oxygens (including phenoxy) is 1. The van der Waals surface area contributed by atoms with Crippen LogP contribution in [-0.4, -0.2) is 29.4 Å². The molecule has 29 heavy (non-hydrogen) atoms. The maximum atomic E-state index is 12.5. The van der Waals surface area contributed by atoms with Gasteiger partial charge in [0.25, 0.3) is 5.91 Å². The Kier molecular flexibility index (Phi) is 6.83. The molecule has 2 aromatic rings.